The number of nitrogens with one attached hydrogen (secondary N) is 2. The molecule has 0 radical (unpaired) electrons. The molecule has 0 aliphatic rings. The highest BCUT2D eigenvalue weighted by atomic mass is 32.1. The van der Waals surface area contributed by atoms with E-state index in [4.69, 9.17) is 0 Å². The minimum Gasteiger partial charge on any atom is -0.386 e. The maximum absolute atomic E-state index is 11.8. The number of pyridine rings is 1. The number of aliphatic hydroxyl groups is 1. The van der Waals surface area contributed by atoms with E-state index in [2.05, 4.69) is 15.6 Å². The molecule has 6 heteroatoms. The molecule has 5 nitrogen and oxygen atoms in total. The lowest BCUT2D eigenvalue weighted by atomic mass is 10.2. The third kappa shape index (κ3) is 4.06. The van der Waals surface area contributed by atoms with Crippen molar-refractivity contribution in [2.75, 3.05) is 6.54 Å². The molecule has 0 bridgehead atoms. The van der Waals surface area contributed by atoms with E-state index in [1.165, 1.54) is 11.3 Å². The zero-order valence-corrected chi connectivity index (χ0v) is 13.2. The molecule has 23 heavy (non-hydrogen) atoms. The molecule has 1 unspecified atom stereocenters. The molecule has 3 rings (SSSR count). The van der Waals surface area contributed by atoms with Crippen LogP contribution in [0.4, 0.5) is 4.79 Å². The molecule has 0 aliphatic heterocycles. The van der Waals surface area contributed by atoms with Crippen LogP contribution in [0.5, 0.6) is 0 Å². The number of fused-ring (bicyclic) bond motifs is 1. The Balaban J connectivity index is 1.50. The van der Waals surface area contributed by atoms with Gasteiger partial charge in [0.15, 0.2) is 0 Å². The second-order valence-corrected chi connectivity index (χ2v) is 6.20. The number of rotatable bonds is 5. The molecule has 2 aromatic heterocycles. The molecule has 0 saturated carbocycles. The van der Waals surface area contributed by atoms with E-state index in [0.29, 0.717) is 6.54 Å². The Morgan fingerprint density at radius 2 is 2.00 bits per heavy atom. The number of nitrogens with zero attached hydrogens (tertiary/aromatic N) is 1. The Morgan fingerprint density at radius 1 is 1.17 bits per heavy atom. The zero-order valence-electron chi connectivity index (χ0n) is 12.4. The summed E-state index contributed by atoms with van der Waals surface area (Å²) in [4.78, 5) is 16.7. The number of hydrogen-bond acceptors (Lipinski definition) is 4. The summed E-state index contributed by atoms with van der Waals surface area (Å²) in [6.45, 7) is 0.520. The molecular weight excluding hydrogens is 310 g/mol. The van der Waals surface area contributed by atoms with Crippen molar-refractivity contribution in [2.45, 2.75) is 12.6 Å². The van der Waals surface area contributed by atoms with Gasteiger partial charge in [-0.1, -0.05) is 24.3 Å². The van der Waals surface area contributed by atoms with Crippen LogP contribution >= 0.6 is 11.3 Å². The van der Waals surface area contributed by atoms with Crippen molar-refractivity contribution >= 4 is 27.5 Å². The van der Waals surface area contributed by atoms with Crippen molar-refractivity contribution < 1.29 is 9.90 Å². The Bertz CT molecular complexity index is 756. The van der Waals surface area contributed by atoms with Gasteiger partial charge in [0.2, 0.25) is 0 Å². The fourth-order valence-electron chi connectivity index (χ4n) is 2.19. The molecule has 0 aliphatic carbocycles. The van der Waals surface area contributed by atoms with Gasteiger partial charge in [-0.3, -0.25) is 4.98 Å². The Labute approximate surface area is 138 Å². The monoisotopic (exact) mass is 327 g/mol. The number of thiophene rings is 1. The Hall–Kier alpha value is -2.44. The first-order valence-corrected chi connectivity index (χ1v) is 8.12. The molecule has 0 fully saturated rings. The Kier molecular flexibility index (Phi) is 4.85. The van der Waals surface area contributed by atoms with Gasteiger partial charge in [-0.2, -0.15) is 0 Å². The van der Waals surface area contributed by atoms with Crippen LogP contribution in [0.1, 0.15) is 16.7 Å². The highest BCUT2D eigenvalue weighted by Crippen LogP contribution is 2.29. The van der Waals surface area contributed by atoms with Crippen LogP contribution in [0.2, 0.25) is 0 Å². The largest absolute Gasteiger partial charge is 0.386 e. The summed E-state index contributed by atoms with van der Waals surface area (Å²) >= 11 is 1.54. The Morgan fingerprint density at radius 3 is 2.78 bits per heavy atom. The van der Waals surface area contributed by atoms with Crippen LogP contribution in [0, 0.1) is 0 Å². The van der Waals surface area contributed by atoms with Gasteiger partial charge in [-0.05, 0) is 29.7 Å². The van der Waals surface area contributed by atoms with E-state index in [-0.39, 0.29) is 12.6 Å². The van der Waals surface area contributed by atoms with Crippen LogP contribution in [0.25, 0.3) is 10.1 Å². The molecular formula is C17H17N3O2S. The first kappa shape index (κ1) is 15.5. The lowest BCUT2D eigenvalue weighted by Gasteiger charge is -2.11. The lowest BCUT2D eigenvalue weighted by molar-refractivity contribution is 0.176. The second-order valence-electron chi connectivity index (χ2n) is 5.09. The van der Waals surface area contributed by atoms with Crippen LogP contribution in [0.3, 0.4) is 0 Å². The first-order chi connectivity index (χ1) is 11.2. The van der Waals surface area contributed by atoms with E-state index >= 15 is 0 Å². The number of aromatic nitrogens is 1. The number of carbonyl (C=O) groups excluding carboxylic acids is 1. The summed E-state index contributed by atoms with van der Waals surface area (Å²) in [5, 5.41) is 16.7. The van der Waals surface area contributed by atoms with E-state index in [9.17, 15) is 9.90 Å². The van der Waals surface area contributed by atoms with Gasteiger partial charge in [0.1, 0.15) is 6.10 Å². The fourth-order valence-corrected chi connectivity index (χ4v) is 3.24. The van der Waals surface area contributed by atoms with Crippen molar-refractivity contribution in [1.29, 1.82) is 0 Å². The van der Waals surface area contributed by atoms with Crippen LogP contribution < -0.4 is 10.6 Å². The van der Waals surface area contributed by atoms with Gasteiger partial charge in [-0.25, -0.2) is 4.79 Å². The van der Waals surface area contributed by atoms with E-state index in [1.54, 1.807) is 6.20 Å². The quantitative estimate of drug-likeness (QED) is 0.674. The van der Waals surface area contributed by atoms with Crippen LogP contribution in [-0.2, 0) is 6.54 Å². The minimum absolute atomic E-state index is 0.168. The van der Waals surface area contributed by atoms with Crippen molar-refractivity contribution in [1.82, 2.24) is 15.6 Å². The van der Waals surface area contributed by atoms with Crippen LogP contribution in [-0.4, -0.2) is 22.7 Å². The predicted molar refractivity (Wildman–Crippen MR) is 91.3 cm³/mol. The zero-order chi connectivity index (χ0) is 16.1. The number of benzene rings is 1. The molecule has 2 heterocycles. The van der Waals surface area contributed by atoms with Crippen molar-refractivity contribution in [3.05, 3.63) is 65.3 Å². The maximum atomic E-state index is 11.8. The maximum Gasteiger partial charge on any atom is 0.315 e. The minimum atomic E-state index is -0.715. The summed E-state index contributed by atoms with van der Waals surface area (Å²) < 4.78 is 1.13. The summed E-state index contributed by atoms with van der Waals surface area (Å²) in [6, 6.07) is 15.1. The van der Waals surface area contributed by atoms with Crippen molar-refractivity contribution in [2.24, 2.45) is 0 Å². The highest BCUT2D eigenvalue weighted by Gasteiger charge is 2.12. The second kappa shape index (κ2) is 7.21. The van der Waals surface area contributed by atoms with Gasteiger partial charge in [-0.15, -0.1) is 11.3 Å². The number of hydrogen-bond donors (Lipinski definition) is 3. The summed E-state index contributed by atoms with van der Waals surface area (Å²) in [5.41, 5.74) is 0.785. The van der Waals surface area contributed by atoms with Crippen molar-refractivity contribution in [3.63, 3.8) is 0 Å². The summed E-state index contributed by atoms with van der Waals surface area (Å²) in [5.74, 6) is 0. The van der Waals surface area contributed by atoms with Gasteiger partial charge in [0.05, 0.1) is 18.8 Å². The third-order valence-electron chi connectivity index (χ3n) is 3.39. The summed E-state index contributed by atoms with van der Waals surface area (Å²) in [6.07, 6.45) is 0.966. The molecule has 2 amide bonds. The van der Waals surface area contributed by atoms with Gasteiger partial charge >= 0.3 is 6.03 Å². The van der Waals surface area contributed by atoms with Gasteiger partial charge in [0.25, 0.3) is 0 Å². The predicted octanol–water partition coefficient (Wildman–Crippen LogP) is 2.83. The number of amides is 2. The molecule has 1 aromatic carbocycles. The molecule has 0 spiro atoms. The highest BCUT2D eigenvalue weighted by molar-refractivity contribution is 7.19. The number of urea groups is 1. The SMILES string of the molecule is O=C(NCc1ccccn1)NCC(O)c1cc2ccccc2s1. The molecule has 1 atom stereocenters. The van der Waals surface area contributed by atoms with E-state index in [1.807, 2.05) is 48.5 Å². The van der Waals surface area contributed by atoms with E-state index in [0.717, 1.165) is 20.7 Å². The van der Waals surface area contributed by atoms with Crippen molar-refractivity contribution in [3.8, 4) is 0 Å². The first-order valence-electron chi connectivity index (χ1n) is 7.30. The molecule has 118 valence electrons. The lowest BCUT2D eigenvalue weighted by Crippen LogP contribution is -2.37. The normalized spacial score (nSPS) is 12.0. The topological polar surface area (TPSA) is 74.2 Å². The standard InChI is InChI=1S/C17H17N3O2S/c21-14(16-9-12-5-1-2-7-15(12)23-16)11-20-17(22)19-10-13-6-3-4-8-18-13/h1-9,14,21H,10-11H2,(H2,19,20,22). The molecule has 0 saturated heterocycles. The van der Waals surface area contributed by atoms with E-state index < -0.39 is 6.10 Å². The molecule has 3 N–H and O–H groups in total. The van der Waals surface area contributed by atoms with Gasteiger partial charge < -0.3 is 15.7 Å². The summed E-state index contributed by atoms with van der Waals surface area (Å²) in [7, 11) is 0. The molecule has 3 aromatic rings. The van der Waals surface area contributed by atoms with Gasteiger partial charge in [0, 0.05) is 15.8 Å². The average Bonchev–Trinajstić information content (AvgIpc) is 3.03. The smallest absolute Gasteiger partial charge is 0.315 e. The number of aliphatic hydroxyl groups excluding tert-OH is 1. The van der Waals surface area contributed by atoms with Crippen LogP contribution in [0.15, 0.2) is 54.7 Å². The third-order valence-corrected chi connectivity index (χ3v) is 4.60. The average molecular weight is 327 g/mol. The fraction of sp³-hybridized carbons (Fsp3) is 0.176. The number of carbonyl (C=O) groups is 1.